The quantitative estimate of drug-likeness (QED) is 0.802. The first-order valence-electron chi connectivity index (χ1n) is 7.52. The van der Waals surface area contributed by atoms with Gasteiger partial charge in [0.1, 0.15) is 5.82 Å². The van der Waals surface area contributed by atoms with Crippen molar-refractivity contribution >= 4 is 11.8 Å². The number of carbonyl (C=O) groups is 1. The van der Waals surface area contributed by atoms with E-state index in [-0.39, 0.29) is 0 Å². The summed E-state index contributed by atoms with van der Waals surface area (Å²) < 4.78 is 4.70. The molecule has 0 bridgehead atoms. The normalized spacial score (nSPS) is 13.2. The Morgan fingerprint density at radius 3 is 2.57 bits per heavy atom. The van der Waals surface area contributed by atoms with Crippen LogP contribution in [-0.4, -0.2) is 29.7 Å². The van der Waals surface area contributed by atoms with Crippen LogP contribution in [0.2, 0.25) is 0 Å². The predicted molar refractivity (Wildman–Crippen MR) is 89.4 cm³/mol. The molecule has 0 saturated carbocycles. The summed E-state index contributed by atoms with van der Waals surface area (Å²) in [4.78, 5) is 15.9. The number of methoxy groups -OCH3 is 1. The molecule has 1 unspecified atom stereocenters. The number of carbonyl (C=O) groups excluding carboxylic acids is 1. The highest BCUT2D eigenvalue weighted by Gasteiger charge is 2.22. The topological polar surface area (TPSA) is 71.5 Å². The number of hydrogen-bond donors (Lipinski definition) is 2. The molecule has 5 heteroatoms. The van der Waals surface area contributed by atoms with Crippen LogP contribution < -0.4 is 5.32 Å². The molecule has 2 N–H and O–H groups in total. The molecule has 1 aromatic carbocycles. The van der Waals surface area contributed by atoms with Crippen molar-refractivity contribution in [1.29, 1.82) is 0 Å². The number of hydrogen-bond acceptors (Lipinski definition) is 5. The van der Waals surface area contributed by atoms with Crippen LogP contribution in [0.1, 0.15) is 35.0 Å². The molecule has 0 aliphatic rings. The second kappa shape index (κ2) is 7.24. The first-order valence-corrected chi connectivity index (χ1v) is 7.52. The zero-order valence-corrected chi connectivity index (χ0v) is 13.7. The van der Waals surface area contributed by atoms with Crippen LogP contribution in [0, 0.1) is 6.92 Å². The highest BCUT2D eigenvalue weighted by atomic mass is 16.5. The summed E-state index contributed by atoms with van der Waals surface area (Å²) in [5.74, 6) is 0.271. The van der Waals surface area contributed by atoms with E-state index in [1.54, 1.807) is 26.0 Å². The van der Waals surface area contributed by atoms with Gasteiger partial charge in [0.15, 0.2) is 0 Å². The van der Waals surface area contributed by atoms with E-state index in [0.29, 0.717) is 30.0 Å². The number of nitrogens with zero attached hydrogens (tertiary/aromatic N) is 1. The highest BCUT2D eigenvalue weighted by molar-refractivity contribution is 5.90. The van der Waals surface area contributed by atoms with Gasteiger partial charge in [0.25, 0.3) is 0 Å². The average Bonchev–Trinajstić information content (AvgIpc) is 2.55. The molecule has 2 aromatic rings. The van der Waals surface area contributed by atoms with Crippen LogP contribution in [0.25, 0.3) is 0 Å². The molecule has 1 heterocycles. The van der Waals surface area contributed by atoms with Gasteiger partial charge in [0, 0.05) is 6.54 Å². The van der Waals surface area contributed by atoms with Gasteiger partial charge in [-0.2, -0.15) is 0 Å². The molecule has 0 spiro atoms. The van der Waals surface area contributed by atoms with Gasteiger partial charge < -0.3 is 15.2 Å². The lowest BCUT2D eigenvalue weighted by molar-refractivity contribution is 0.0515. The van der Waals surface area contributed by atoms with Gasteiger partial charge >= 0.3 is 5.97 Å². The molecule has 0 radical (unpaired) electrons. The minimum Gasteiger partial charge on any atom is -0.465 e. The molecule has 1 aromatic heterocycles. The highest BCUT2D eigenvalue weighted by Crippen LogP contribution is 2.24. The van der Waals surface area contributed by atoms with E-state index in [4.69, 9.17) is 4.74 Å². The van der Waals surface area contributed by atoms with Crippen LogP contribution in [0.3, 0.4) is 0 Å². The minimum atomic E-state index is -0.907. The van der Waals surface area contributed by atoms with Crippen LogP contribution >= 0.6 is 0 Å². The van der Waals surface area contributed by atoms with Crippen molar-refractivity contribution in [2.24, 2.45) is 0 Å². The molecule has 0 aliphatic heterocycles. The lowest BCUT2D eigenvalue weighted by Crippen LogP contribution is -2.24. The first kappa shape index (κ1) is 17.0. The Morgan fingerprint density at radius 2 is 1.96 bits per heavy atom. The molecule has 0 saturated heterocycles. The van der Waals surface area contributed by atoms with Gasteiger partial charge in [-0.05, 0) is 38.0 Å². The fourth-order valence-electron chi connectivity index (χ4n) is 2.36. The third kappa shape index (κ3) is 4.29. The molecule has 0 aliphatic carbocycles. The molecule has 1 atom stereocenters. The fraction of sp³-hybridized carbons (Fsp3) is 0.333. The number of aromatic nitrogens is 1. The van der Waals surface area contributed by atoms with Crippen molar-refractivity contribution < 1.29 is 14.6 Å². The minimum absolute atomic E-state index is 0.395. The summed E-state index contributed by atoms with van der Waals surface area (Å²) in [5, 5.41) is 13.7. The number of anilines is 1. The van der Waals surface area contributed by atoms with E-state index in [2.05, 4.69) is 10.3 Å². The van der Waals surface area contributed by atoms with Crippen molar-refractivity contribution in [1.82, 2.24) is 4.98 Å². The molecule has 2 rings (SSSR count). The second-order valence-electron chi connectivity index (χ2n) is 5.64. The standard InChI is InChI=1S/C18H22N2O3/c1-13-15(17(21)23-3)9-10-16(20-13)19-12-11-18(2,22)14-7-5-4-6-8-14/h4-10,22H,11-12H2,1-3H3,(H,19,20). The van der Waals surface area contributed by atoms with Crippen LogP contribution in [0.15, 0.2) is 42.5 Å². The van der Waals surface area contributed by atoms with Crippen LogP contribution in [0.4, 0.5) is 5.82 Å². The van der Waals surface area contributed by atoms with Crippen LogP contribution in [0.5, 0.6) is 0 Å². The lowest BCUT2D eigenvalue weighted by atomic mass is 9.93. The number of benzene rings is 1. The molecular formula is C18H22N2O3. The summed E-state index contributed by atoms with van der Waals surface area (Å²) in [5.41, 5.74) is 1.04. The summed E-state index contributed by atoms with van der Waals surface area (Å²) in [6.45, 7) is 4.12. The van der Waals surface area contributed by atoms with E-state index in [1.807, 2.05) is 30.3 Å². The van der Waals surface area contributed by atoms with Gasteiger partial charge in [-0.25, -0.2) is 9.78 Å². The van der Waals surface area contributed by atoms with E-state index < -0.39 is 11.6 Å². The number of ether oxygens (including phenoxy) is 1. The maximum absolute atomic E-state index is 11.5. The van der Waals surface area contributed by atoms with Gasteiger partial charge in [-0.1, -0.05) is 30.3 Å². The molecule has 23 heavy (non-hydrogen) atoms. The zero-order chi connectivity index (χ0) is 16.9. The van der Waals surface area contributed by atoms with E-state index in [1.165, 1.54) is 7.11 Å². The van der Waals surface area contributed by atoms with Gasteiger partial charge in [-0.15, -0.1) is 0 Å². The SMILES string of the molecule is COC(=O)c1ccc(NCCC(C)(O)c2ccccc2)nc1C. The maximum atomic E-state index is 11.5. The Bertz CT molecular complexity index is 669. The lowest BCUT2D eigenvalue weighted by Gasteiger charge is -2.24. The molecular weight excluding hydrogens is 292 g/mol. The number of pyridine rings is 1. The number of aliphatic hydroxyl groups is 1. The zero-order valence-electron chi connectivity index (χ0n) is 13.7. The third-order valence-corrected chi connectivity index (χ3v) is 3.80. The van der Waals surface area contributed by atoms with Crippen molar-refractivity contribution in [3.05, 3.63) is 59.3 Å². The molecule has 0 fully saturated rings. The average molecular weight is 314 g/mol. The predicted octanol–water partition coefficient (Wildman–Crippen LogP) is 2.89. The summed E-state index contributed by atoms with van der Waals surface area (Å²) >= 11 is 0. The Kier molecular flexibility index (Phi) is 5.34. The van der Waals surface area contributed by atoms with Gasteiger partial charge in [0.05, 0.1) is 24.0 Å². The number of aryl methyl sites for hydroxylation is 1. The Morgan fingerprint density at radius 1 is 1.26 bits per heavy atom. The Hall–Kier alpha value is -2.40. The summed E-state index contributed by atoms with van der Waals surface area (Å²) in [6.07, 6.45) is 0.538. The Labute approximate surface area is 136 Å². The van der Waals surface area contributed by atoms with Crippen molar-refractivity contribution in [3.8, 4) is 0 Å². The number of esters is 1. The van der Waals surface area contributed by atoms with Gasteiger partial charge in [-0.3, -0.25) is 0 Å². The molecule has 0 amide bonds. The van der Waals surface area contributed by atoms with E-state index in [0.717, 1.165) is 5.56 Å². The maximum Gasteiger partial charge on any atom is 0.339 e. The molecule has 5 nitrogen and oxygen atoms in total. The largest absolute Gasteiger partial charge is 0.465 e. The second-order valence-corrected chi connectivity index (χ2v) is 5.64. The summed E-state index contributed by atoms with van der Waals surface area (Å²) in [7, 11) is 1.35. The van der Waals surface area contributed by atoms with E-state index >= 15 is 0 Å². The summed E-state index contributed by atoms with van der Waals surface area (Å²) in [6, 6.07) is 13.0. The van der Waals surface area contributed by atoms with Crippen molar-refractivity contribution in [3.63, 3.8) is 0 Å². The van der Waals surface area contributed by atoms with Crippen molar-refractivity contribution in [2.75, 3.05) is 19.0 Å². The Balaban J connectivity index is 1.96. The monoisotopic (exact) mass is 314 g/mol. The number of nitrogens with one attached hydrogen (secondary N) is 1. The smallest absolute Gasteiger partial charge is 0.339 e. The fourth-order valence-corrected chi connectivity index (χ4v) is 2.36. The third-order valence-electron chi connectivity index (χ3n) is 3.80. The van der Waals surface area contributed by atoms with Crippen molar-refractivity contribution in [2.45, 2.75) is 25.9 Å². The molecule has 122 valence electrons. The van der Waals surface area contributed by atoms with E-state index in [9.17, 15) is 9.90 Å². The number of rotatable bonds is 6. The van der Waals surface area contributed by atoms with Crippen LogP contribution in [-0.2, 0) is 10.3 Å². The van der Waals surface area contributed by atoms with Gasteiger partial charge in [0.2, 0.25) is 0 Å². The first-order chi connectivity index (χ1) is 10.9.